The van der Waals surface area contributed by atoms with E-state index in [-0.39, 0.29) is 40.5 Å². The third-order valence-electron chi connectivity index (χ3n) is 14.6. The van der Waals surface area contributed by atoms with Crippen LogP contribution in [0.25, 0.3) is 0 Å². The highest BCUT2D eigenvalue weighted by Crippen LogP contribution is 2.75. The second kappa shape index (κ2) is 12.3. The quantitative estimate of drug-likeness (QED) is 0.0964. The highest BCUT2D eigenvalue weighted by molar-refractivity contribution is 6.52. The molecular weight excluding hydrogens is 621 g/mol. The van der Waals surface area contributed by atoms with Gasteiger partial charge in [-0.2, -0.15) is 4.99 Å². The lowest BCUT2D eigenvalue weighted by atomic mass is 9.33. The van der Waals surface area contributed by atoms with Crippen molar-refractivity contribution in [2.24, 2.45) is 73.8 Å². The molecule has 0 aliphatic heterocycles. The minimum atomic E-state index is -1.30. The summed E-state index contributed by atoms with van der Waals surface area (Å²) < 4.78 is 5.99. The van der Waals surface area contributed by atoms with Crippen LogP contribution in [0.2, 0.25) is 0 Å². The van der Waals surface area contributed by atoms with Crippen molar-refractivity contribution >= 4 is 47.0 Å². The molecule has 8 nitrogen and oxygen atoms in total. The van der Waals surface area contributed by atoms with E-state index in [0.717, 1.165) is 31.1 Å². The number of carbonyl (C=O) groups is 2. The van der Waals surface area contributed by atoms with Gasteiger partial charge in [0.15, 0.2) is 0 Å². The van der Waals surface area contributed by atoms with Crippen LogP contribution in [0.5, 0.6) is 0 Å². The third kappa shape index (κ3) is 5.40. The Balaban J connectivity index is 1.59. The lowest BCUT2D eigenvalue weighted by Crippen LogP contribution is -2.68. The average molecular weight is 679 g/mol. The van der Waals surface area contributed by atoms with Crippen LogP contribution in [0, 0.1) is 68.5 Å². The van der Waals surface area contributed by atoms with Gasteiger partial charge in [0, 0.05) is 25.4 Å². The molecule has 5 rings (SSSR count). The van der Waals surface area contributed by atoms with Crippen LogP contribution in [0.4, 0.5) is 0 Å². The van der Waals surface area contributed by atoms with Crippen LogP contribution in [0.1, 0.15) is 99.8 Å². The number of halogens is 2. The lowest BCUT2D eigenvalue weighted by molar-refractivity contribution is -0.230. The molecule has 5 aliphatic rings. The Kier molecular flexibility index (Phi) is 9.47. The Hall–Kier alpha value is -1.80. The van der Waals surface area contributed by atoms with Gasteiger partial charge in [0.2, 0.25) is 22.7 Å². The Bertz CT molecular complexity index is 1310. The maximum atomic E-state index is 14.4. The molecule has 258 valence electrons. The van der Waals surface area contributed by atoms with Gasteiger partial charge < -0.3 is 15.4 Å². The number of hydrogen-bond acceptors (Lipinski definition) is 4. The largest absolute Gasteiger partial charge is 0.460 e. The molecule has 0 aromatic rings. The van der Waals surface area contributed by atoms with Crippen LogP contribution in [0.3, 0.4) is 0 Å². The number of hydrogen-bond donors (Lipinski definition) is 3. The zero-order valence-corrected chi connectivity index (χ0v) is 30.9. The molecule has 1 amide bonds. The first-order chi connectivity index (χ1) is 21.3. The van der Waals surface area contributed by atoms with Crippen molar-refractivity contribution < 1.29 is 14.3 Å². The molecule has 4 saturated carbocycles. The molecule has 0 heterocycles. The topological polar surface area (TPSA) is 121 Å². The van der Waals surface area contributed by atoms with E-state index in [9.17, 15) is 9.59 Å². The number of aliphatic imine (C=N–C) groups is 1. The molecule has 0 spiro atoms. The van der Waals surface area contributed by atoms with E-state index in [1.54, 1.807) is 19.7 Å². The number of ether oxygens (including phenoxy) is 1. The number of nitrogens with two attached hydrogens (primary N) is 1. The predicted molar refractivity (Wildman–Crippen MR) is 185 cm³/mol. The number of rotatable bonds is 3. The number of fused-ring (bicyclic) bond motifs is 7. The van der Waals surface area contributed by atoms with Crippen LogP contribution in [0.15, 0.2) is 16.6 Å². The summed E-state index contributed by atoms with van der Waals surface area (Å²) in [7, 11) is 3.40. The minimum Gasteiger partial charge on any atom is -0.460 e. The maximum Gasteiger partial charge on any atom is 0.339 e. The van der Waals surface area contributed by atoms with E-state index >= 15 is 0 Å². The van der Waals surface area contributed by atoms with Gasteiger partial charge in [-0.25, -0.2) is 4.79 Å². The van der Waals surface area contributed by atoms with Crippen LogP contribution in [-0.2, 0) is 14.3 Å². The molecule has 0 radical (unpaired) electrons. The summed E-state index contributed by atoms with van der Waals surface area (Å²) in [5, 5.41) is 11.0. The van der Waals surface area contributed by atoms with Crippen molar-refractivity contribution in [3.63, 3.8) is 0 Å². The molecule has 11 unspecified atom stereocenters. The number of alkyl halides is 2. The van der Waals surface area contributed by atoms with E-state index in [4.69, 9.17) is 39.1 Å². The SMILES string of the molecule is CC1CCC2CCC3(C)C(=CCC4C5(C)C(C(=O)NC(N)=NC(=N)N(C)C)CC(OC(=O)C(Cl)Cl)C(C)(C)C5CCC43C)C2C1C. The number of nitrogens with one attached hydrogen (secondary N) is 2. The van der Waals surface area contributed by atoms with Gasteiger partial charge in [-0.15, -0.1) is 0 Å². The van der Waals surface area contributed by atoms with Crippen molar-refractivity contribution in [2.75, 3.05) is 14.1 Å². The van der Waals surface area contributed by atoms with E-state index < -0.39 is 33.7 Å². The summed E-state index contributed by atoms with van der Waals surface area (Å²) in [5.41, 5.74) is 7.11. The molecule has 0 bridgehead atoms. The van der Waals surface area contributed by atoms with E-state index in [1.165, 1.54) is 30.6 Å². The summed E-state index contributed by atoms with van der Waals surface area (Å²) in [4.78, 5) is 31.5. The van der Waals surface area contributed by atoms with Crippen molar-refractivity contribution in [3.8, 4) is 0 Å². The summed E-state index contributed by atoms with van der Waals surface area (Å²) in [5.74, 6) is 1.54. The Labute approximate surface area is 286 Å². The molecule has 4 fully saturated rings. The summed E-state index contributed by atoms with van der Waals surface area (Å²) in [6.07, 6.45) is 10.4. The molecule has 46 heavy (non-hydrogen) atoms. The number of allylic oxidation sites excluding steroid dienone is 2. The highest BCUT2D eigenvalue weighted by atomic mass is 35.5. The molecule has 10 heteroatoms. The van der Waals surface area contributed by atoms with Crippen LogP contribution in [-0.4, -0.2) is 53.7 Å². The average Bonchev–Trinajstić information content (AvgIpc) is 2.96. The van der Waals surface area contributed by atoms with Crippen molar-refractivity contribution in [1.29, 1.82) is 5.41 Å². The van der Waals surface area contributed by atoms with Gasteiger partial charge in [0.25, 0.3) is 0 Å². The predicted octanol–water partition coefficient (Wildman–Crippen LogP) is 7.14. The highest BCUT2D eigenvalue weighted by Gasteiger charge is 2.70. The monoisotopic (exact) mass is 677 g/mol. The molecule has 4 N–H and O–H groups in total. The summed E-state index contributed by atoms with van der Waals surface area (Å²) >= 11 is 11.9. The number of guanidine groups is 2. The smallest absolute Gasteiger partial charge is 0.339 e. The number of esters is 1. The third-order valence-corrected chi connectivity index (χ3v) is 15.0. The normalized spacial score (nSPS) is 43.2. The Morgan fingerprint density at radius 2 is 1.74 bits per heavy atom. The van der Waals surface area contributed by atoms with Gasteiger partial charge in [-0.3, -0.25) is 15.5 Å². The first-order valence-electron chi connectivity index (χ1n) is 17.4. The van der Waals surface area contributed by atoms with Crippen LogP contribution >= 0.6 is 23.2 Å². The second-order valence-corrected chi connectivity index (χ2v) is 18.0. The Morgan fingerprint density at radius 1 is 1.07 bits per heavy atom. The minimum absolute atomic E-state index is 0.00408. The molecule has 0 aromatic carbocycles. The number of amides is 1. The number of carbonyl (C=O) groups excluding carboxylic acids is 2. The molecule has 11 atom stereocenters. The lowest BCUT2D eigenvalue weighted by Gasteiger charge is -2.71. The van der Waals surface area contributed by atoms with E-state index in [0.29, 0.717) is 18.3 Å². The van der Waals surface area contributed by atoms with E-state index in [1.807, 2.05) is 0 Å². The Morgan fingerprint density at radius 3 is 2.37 bits per heavy atom. The molecule has 5 aliphatic carbocycles. The fraction of sp³-hybridized carbons (Fsp3) is 0.833. The van der Waals surface area contributed by atoms with Gasteiger partial charge in [-0.05, 0) is 96.7 Å². The maximum absolute atomic E-state index is 14.4. The summed E-state index contributed by atoms with van der Waals surface area (Å²) in [6.45, 7) is 16.7. The van der Waals surface area contributed by atoms with Crippen molar-refractivity contribution in [3.05, 3.63) is 11.6 Å². The molecular formula is C36H57Cl2N5O3. The van der Waals surface area contributed by atoms with Gasteiger partial charge in [0.1, 0.15) is 6.10 Å². The van der Waals surface area contributed by atoms with Gasteiger partial charge >= 0.3 is 5.97 Å². The zero-order valence-electron chi connectivity index (χ0n) is 29.4. The molecule has 0 saturated heterocycles. The van der Waals surface area contributed by atoms with E-state index in [2.05, 4.69) is 64.9 Å². The van der Waals surface area contributed by atoms with Gasteiger partial charge in [0.05, 0.1) is 0 Å². The van der Waals surface area contributed by atoms with Crippen LogP contribution < -0.4 is 11.1 Å². The summed E-state index contributed by atoms with van der Waals surface area (Å²) in [6, 6.07) is 0. The fourth-order valence-corrected chi connectivity index (χ4v) is 11.8. The zero-order chi connectivity index (χ0) is 34.1. The standard InChI is InChI=1S/C36H57Cl2N5O3/c1-19-10-11-21-14-16-34(5)22(27(21)20(19)2)12-13-25-35(34,6)17-15-24-33(3,4)26(46-30(45)28(37)38)18-23(36(24,25)7)29(44)41-31(39)42-32(40)43(8)9/h12,19-21,23-28H,10-11,13-18H2,1-9H3,(H4,39,40,41,42,44). The second-order valence-electron chi connectivity index (χ2n) is 16.9. The first-order valence-corrected chi connectivity index (χ1v) is 18.3. The number of nitrogens with zero attached hydrogens (tertiary/aromatic N) is 2. The van der Waals surface area contributed by atoms with Gasteiger partial charge in [-0.1, -0.05) is 89.7 Å². The first kappa shape index (κ1) is 35.5. The fourth-order valence-electron chi connectivity index (χ4n) is 11.7. The van der Waals surface area contributed by atoms with Crippen molar-refractivity contribution in [1.82, 2.24) is 10.2 Å². The van der Waals surface area contributed by atoms with Crippen molar-refractivity contribution in [2.45, 2.75) is 111 Å². The molecule has 0 aromatic heterocycles.